The summed E-state index contributed by atoms with van der Waals surface area (Å²) in [5.74, 6) is 3.13. The molecule has 0 saturated heterocycles. The van der Waals surface area contributed by atoms with Crippen LogP contribution in [-0.2, 0) is 0 Å². The van der Waals surface area contributed by atoms with Crippen molar-refractivity contribution in [1.29, 1.82) is 0 Å². The van der Waals surface area contributed by atoms with Gasteiger partial charge in [0, 0.05) is 18.3 Å². The quantitative estimate of drug-likeness (QED) is 0.767. The van der Waals surface area contributed by atoms with E-state index in [0.717, 1.165) is 17.3 Å². The molecule has 0 amide bonds. The predicted octanol–water partition coefficient (Wildman–Crippen LogP) is 1.82. The molecule has 0 unspecified atom stereocenters. The minimum Gasteiger partial charge on any atom is -0.382 e. The van der Waals surface area contributed by atoms with Crippen LogP contribution in [0.2, 0.25) is 0 Å². The molecule has 4 heteroatoms. The molecular formula is C11H14N4. The molecule has 4 nitrogen and oxygen atoms in total. The van der Waals surface area contributed by atoms with Gasteiger partial charge in [-0.2, -0.15) is 0 Å². The fourth-order valence-corrected chi connectivity index (χ4v) is 2.38. The number of nitrogen functional groups attached to an aromatic ring is 1. The zero-order valence-electron chi connectivity index (χ0n) is 8.72. The molecule has 2 heterocycles. The van der Waals surface area contributed by atoms with Gasteiger partial charge in [0.25, 0.3) is 0 Å². The molecule has 2 N–H and O–H groups in total. The summed E-state index contributed by atoms with van der Waals surface area (Å²) in [6.45, 7) is 2.28. The Labute approximate surface area is 88.1 Å². The van der Waals surface area contributed by atoms with Crippen molar-refractivity contribution >= 4 is 11.3 Å². The average molecular weight is 202 g/mol. The molecule has 1 aliphatic carbocycles. The fraction of sp³-hybridized carbons (Fsp3) is 0.455. The first-order valence-electron chi connectivity index (χ1n) is 5.33. The van der Waals surface area contributed by atoms with Gasteiger partial charge in [-0.3, -0.25) is 4.40 Å². The minimum atomic E-state index is 0.559. The van der Waals surface area contributed by atoms with Crippen LogP contribution in [0.5, 0.6) is 0 Å². The van der Waals surface area contributed by atoms with Gasteiger partial charge >= 0.3 is 0 Å². The van der Waals surface area contributed by atoms with Gasteiger partial charge in [-0.05, 0) is 18.8 Å². The Morgan fingerprint density at radius 1 is 1.40 bits per heavy atom. The Morgan fingerprint density at radius 3 is 2.93 bits per heavy atom. The molecule has 1 saturated carbocycles. The second-order valence-electron chi connectivity index (χ2n) is 4.46. The number of hydrogen-bond acceptors (Lipinski definition) is 3. The van der Waals surface area contributed by atoms with Crippen LogP contribution in [-0.4, -0.2) is 14.4 Å². The zero-order valence-corrected chi connectivity index (χ0v) is 8.72. The van der Waals surface area contributed by atoms with Gasteiger partial charge in [0.05, 0.1) is 6.20 Å². The number of hydrogen-bond donors (Lipinski definition) is 1. The maximum absolute atomic E-state index is 5.78. The molecule has 0 aliphatic heterocycles. The molecule has 0 aromatic carbocycles. The molecule has 2 aromatic rings. The Balaban J connectivity index is 2.09. The number of aromatic nitrogens is 3. The Bertz CT molecular complexity index is 496. The van der Waals surface area contributed by atoms with E-state index in [0.29, 0.717) is 11.7 Å². The monoisotopic (exact) mass is 202 g/mol. The number of anilines is 1. The van der Waals surface area contributed by atoms with Crippen LogP contribution in [0.15, 0.2) is 18.6 Å². The molecule has 3 rings (SSSR count). The third-order valence-electron chi connectivity index (χ3n) is 3.26. The van der Waals surface area contributed by atoms with Crippen molar-refractivity contribution < 1.29 is 0 Å². The third kappa shape index (κ3) is 1.21. The molecule has 78 valence electrons. The largest absolute Gasteiger partial charge is 0.382 e. The maximum atomic E-state index is 5.78. The molecule has 1 aliphatic rings. The second kappa shape index (κ2) is 2.95. The molecule has 1 fully saturated rings. The smallest absolute Gasteiger partial charge is 0.149 e. The van der Waals surface area contributed by atoms with Crippen LogP contribution in [0.3, 0.4) is 0 Å². The van der Waals surface area contributed by atoms with Gasteiger partial charge in [0.1, 0.15) is 17.2 Å². The summed E-state index contributed by atoms with van der Waals surface area (Å²) in [5, 5.41) is 0. The fourth-order valence-electron chi connectivity index (χ4n) is 2.38. The molecule has 0 spiro atoms. The highest BCUT2D eigenvalue weighted by Gasteiger charge is 2.29. The molecule has 0 bridgehead atoms. The Morgan fingerprint density at radius 2 is 2.20 bits per heavy atom. The molecule has 15 heavy (non-hydrogen) atoms. The van der Waals surface area contributed by atoms with Gasteiger partial charge in [-0.1, -0.05) is 6.92 Å². The van der Waals surface area contributed by atoms with E-state index in [1.807, 2.05) is 12.4 Å². The molecule has 0 radical (unpaired) electrons. The summed E-state index contributed by atoms with van der Waals surface area (Å²) in [7, 11) is 0. The van der Waals surface area contributed by atoms with Crippen LogP contribution >= 0.6 is 0 Å². The van der Waals surface area contributed by atoms with E-state index in [1.54, 1.807) is 6.20 Å². The van der Waals surface area contributed by atoms with Gasteiger partial charge in [-0.25, -0.2) is 9.97 Å². The van der Waals surface area contributed by atoms with E-state index in [9.17, 15) is 0 Å². The number of imidazole rings is 1. The first kappa shape index (κ1) is 8.71. The summed E-state index contributed by atoms with van der Waals surface area (Å²) in [4.78, 5) is 8.51. The topological polar surface area (TPSA) is 56.2 Å². The van der Waals surface area contributed by atoms with Crippen molar-refractivity contribution in [3.63, 3.8) is 0 Å². The van der Waals surface area contributed by atoms with Crippen molar-refractivity contribution in [2.45, 2.75) is 25.7 Å². The van der Waals surface area contributed by atoms with Crippen LogP contribution < -0.4 is 5.73 Å². The van der Waals surface area contributed by atoms with E-state index in [1.165, 1.54) is 12.8 Å². The summed E-state index contributed by atoms with van der Waals surface area (Å²) < 4.78 is 2.07. The standard InChI is InChI=1S/C11H14N4/c1-7-4-8(5-7)11-14-6-9-10(12)13-2-3-15(9)11/h2-3,6-8H,4-5H2,1H3,(H2,12,13). The predicted molar refractivity (Wildman–Crippen MR) is 58.5 cm³/mol. The SMILES string of the molecule is CC1CC(c2ncc3c(N)nccn23)C1. The average Bonchev–Trinajstić information content (AvgIpc) is 2.58. The maximum Gasteiger partial charge on any atom is 0.149 e. The number of rotatable bonds is 1. The highest BCUT2D eigenvalue weighted by Crippen LogP contribution is 2.40. The zero-order chi connectivity index (χ0) is 10.4. The minimum absolute atomic E-state index is 0.559. The highest BCUT2D eigenvalue weighted by molar-refractivity contribution is 5.64. The lowest BCUT2D eigenvalue weighted by atomic mass is 9.76. The second-order valence-corrected chi connectivity index (χ2v) is 4.46. The summed E-state index contributed by atoms with van der Waals surface area (Å²) in [6, 6.07) is 0. The lowest BCUT2D eigenvalue weighted by molar-refractivity contribution is 0.277. The Kier molecular flexibility index (Phi) is 1.71. The normalized spacial score (nSPS) is 25.4. The lowest BCUT2D eigenvalue weighted by Crippen LogP contribution is -2.21. The number of nitrogens with two attached hydrogens (primary N) is 1. The number of nitrogens with zero attached hydrogens (tertiary/aromatic N) is 3. The van der Waals surface area contributed by atoms with Crippen LogP contribution in [0.1, 0.15) is 31.5 Å². The van der Waals surface area contributed by atoms with Crippen molar-refractivity contribution in [3.8, 4) is 0 Å². The van der Waals surface area contributed by atoms with E-state index in [-0.39, 0.29) is 0 Å². The van der Waals surface area contributed by atoms with Gasteiger partial charge in [0.15, 0.2) is 0 Å². The number of fused-ring (bicyclic) bond motifs is 1. The van der Waals surface area contributed by atoms with Crippen molar-refractivity contribution in [2.75, 3.05) is 5.73 Å². The molecule has 0 atom stereocenters. The van der Waals surface area contributed by atoms with Gasteiger partial charge in [-0.15, -0.1) is 0 Å². The van der Waals surface area contributed by atoms with Crippen molar-refractivity contribution in [1.82, 2.24) is 14.4 Å². The summed E-state index contributed by atoms with van der Waals surface area (Å²) >= 11 is 0. The van der Waals surface area contributed by atoms with Crippen LogP contribution in [0.4, 0.5) is 5.82 Å². The van der Waals surface area contributed by atoms with Crippen LogP contribution in [0, 0.1) is 5.92 Å². The Hall–Kier alpha value is -1.58. The van der Waals surface area contributed by atoms with Crippen molar-refractivity contribution in [2.24, 2.45) is 5.92 Å². The van der Waals surface area contributed by atoms with E-state index >= 15 is 0 Å². The first-order chi connectivity index (χ1) is 7.25. The first-order valence-corrected chi connectivity index (χ1v) is 5.33. The van der Waals surface area contributed by atoms with Crippen LogP contribution in [0.25, 0.3) is 5.52 Å². The van der Waals surface area contributed by atoms with E-state index in [2.05, 4.69) is 21.3 Å². The lowest BCUT2D eigenvalue weighted by Gasteiger charge is -2.31. The summed E-state index contributed by atoms with van der Waals surface area (Å²) in [5.41, 5.74) is 6.71. The highest BCUT2D eigenvalue weighted by atomic mass is 15.1. The third-order valence-corrected chi connectivity index (χ3v) is 3.26. The summed E-state index contributed by atoms with van der Waals surface area (Å²) in [6.07, 6.45) is 7.97. The van der Waals surface area contributed by atoms with Crippen molar-refractivity contribution in [3.05, 3.63) is 24.4 Å². The van der Waals surface area contributed by atoms with Gasteiger partial charge < -0.3 is 5.73 Å². The molecular weight excluding hydrogens is 188 g/mol. The van der Waals surface area contributed by atoms with Gasteiger partial charge in [0.2, 0.25) is 0 Å². The van der Waals surface area contributed by atoms with E-state index < -0.39 is 0 Å². The van der Waals surface area contributed by atoms with E-state index in [4.69, 9.17) is 5.73 Å². The molecule has 2 aromatic heterocycles.